The molecule has 0 unspecified atom stereocenters. The highest BCUT2D eigenvalue weighted by molar-refractivity contribution is 6.05. The summed E-state index contributed by atoms with van der Waals surface area (Å²) in [6.07, 6.45) is -4.53. The molecule has 3 rings (SSSR count). The molecule has 1 aliphatic rings. The second-order valence-corrected chi connectivity index (χ2v) is 6.62. The first kappa shape index (κ1) is 19.2. The van der Waals surface area contributed by atoms with E-state index in [1.165, 1.54) is 6.92 Å². The number of hydrogen-bond donors (Lipinski definition) is 1. The Bertz CT molecular complexity index is 813. The summed E-state index contributed by atoms with van der Waals surface area (Å²) in [7, 11) is 2.09. The average molecular weight is 378 g/mol. The maximum Gasteiger partial charge on any atom is 0.433 e. The van der Waals surface area contributed by atoms with Gasteiger partial charge in [0, 0.05) is 37.6 Å². The van der Waals surface area contributed by atoms with E-state index in [4.69, 9.17) is 0 Å². The fourth-order valence-electron chi connectivity index (χ4n) is 2.98. The third kappa shape index (κ3) is 4.57. The number of nitrogens with zero attached hydrogens (tertiary/aromatic N) is 3. The number of amides is 1. The molecule has 2 aromatic rings. The van der Waals surface area contributed by atoms with Gasteiger partial charge in [-0.25, -0.2) is 4.98 Å². The summed E-state index contributed by atoms with van der Waals surface area (Å²) in [5.41, 5.74) is 0.807. The molecule has 1 fully saturated rings. The minimum absolute atomic E-state index is 0.0383. The second kappa shape index (κ2) is 7.56. The van der Waals surface area contributed by atoms with E-state index in [0.29, 0.717) is 5.69 Å². The van der Waals surface area contributed by atoms with Crippen LogP contribution in [-0.4, -0.2) is 49.0 Å². The van der Waals surface area contributed by atoms with E-state index in [2.05, 4.69) is 27.1 Å². The van der Waals surface area contributed by atoms with E-state index in [1.807, 2.05) is 12.1 Å². The molecule has 2 heterocycles. The minimum atomic E-state index is -4.53. The number of aromatic nitrogens is 1. The van der Waals surface area contributed by atoms with E-state index >= 15 is 0 Å². The molecule has 1 aliphatic heterocycles. The maximum absolute atomic E-state index is 12.7. The summed E-state index contributed by atoms with van der Waals surface area (Å²) < 4.78 is 38.1. The molecule has 1 aromatic heterocycles. The van der Waals surface area contributed by atoms with Crippen molar-refractivity contribution < 1.29 is 18.0 Å². The average Bonchev–Trinajstić information content (AvgIpc) is 2.62. The van der Waals surface area contributed by atoms with Gasteiger partial charge in [0.1, 0.15) is 5.69 Å². The quantitative estimate of drug-likeness (QED) is 0.889. The maximum atomic E-state index is 12.7. The number of carbonyl (C=O) groups is 1. The number of rotatable bonds is 3. The van der Waals surface area contributed by atoms with Crippen LogP contribution in [0, 0.1) is 6.92 Å². The molecule has 0 atom stereocenters. The van der Waals surface area contributed by atoms with Crippen LogP contribution in [0.15, 0.2) is 36.4 Å². The zero-order valence-electron chi connectivity index (χ0n) is 15.2. The largest absolute Gasteiger partial charge is 0.433 e. The van der Waals surface area contributed by atoms with E-state index in [0.717, 1.165) is 44.0 Å². The van der Waals surface area contributed by atoms with Gasteiger partial charge in [-0.3, -0.25) is 4.79 Å². The van der Waals surface area contributed by atoms with E-state index < -0.39 is 17.8 Å². The molecule has 0 aliphatic carbocycles. The SMILES string of the molecule is Cc1nc(C(F)(F)F)ccc1C(=O)Nc1ccc(N2CCN(C)CC2)cc1. The van der Waals surface area contributed by atoms with Gasteiger partial charge in [0.25, 0.3) is 5.91 Å². The zero-order valence-corrected chi connectivity index (χ0v) is 15.2. The highest BCUT2D eigenvalue weighted by Crippen LogP contribution is 2.28. The third-order valence-electron chi connectivity index (χ3n) is 4.61. The van der Waals surface area contributed by atoms with Gasteiger partial charge in [-0.1, -0.05) is 0 Å². The summed E-state index contributed by atoms with van der Waals surface area (Å²) >= 11 is 0. The lowest BCUT2D eigenvalue weighted by molar-refractivity contribution is -0.141. The van der Waals surface area contributed by atoms with Gasteiger partial charge in [0.15, 0.2) is 0 Å². The van der Waals surface area contributed by atoms with Crippen LogP contribution in [0.4, 0.5) is 24.5 Å². The number of benzene rings is 1. The Balaban J connectivity index is 1.67. The fourth-order valence-corrected chi connectivity index (χ4v) is 2.98. The Kier molecular flexibility index (Phi) is 5.36. The number of alkyl halides is 3. The first-order valence-corrected chi connectivity index (χ1v) is 8.64. The van der Waals surface area contributed by atoms with Crippen LogP contribution in [0.1, 0.15) is 21.7 Å². The molecule has 144 valence electrons. The molecule has 0 bridgehead atoms. The number of nitrogens with one attached hydrogen (secondary N) is 1. The highest BCUT2D eigenvalue weighted by Gasteiger charge is 2.33. The van der Waals surface area contributed by atoms with Crippen molar-refractivity contribution in [1.82, 2.24) is 9.88 Å². The lowest BCUT2D eigenvalue weighted by Gasteiger charge is -2.34. The first-order chi connectivity index (χ1) is 12.7. The lowest BCUT2D eigenvalue weighted by atomic mass is 10.1. The molecule has 1 aromatic carbocycles. The standard InChI is InChI=1S/C19H21F3N4O/c1-13-16(7-8-17(23-13)19(20,21)22)18(27)24-14-3-5-15(6-4-14)26-11-9-25(2)10-12-26/h3-8H,9-12H2,1-2H3,(H,24,27). The number of piperazine rings is 1. The number of hydrogen-bond acceptors (Lipinski definition) is 4. The van der Waals surface area contributed by atoms with Crippen LogP contribution in [0.5, 0.6) is 0 Å². The van der Waals surface area contributed by atoms with Crippen LogP contribution in [0.25, 0.3) is 0 Å². The van der Waals surface area contributed by atoms with E-state index in [9.17, 15) is 18.0 Å². The smallest absolute Gasteiger partial charge is 0.369 e. The van der Waals surface area contributed by atoms with Crippen molar-refractivity contribution in [3.8, 4) is 0 Å². The van der Waals surface area contributed by atoms with Gasteiger partial charge in [-0.2, -0.15) is 13.2 Å². The number of anilines is 2. The summed E-state index contributed by atoms with van der Waals surface area (Å²) in [4.78, 5) is 20.4. The van der Waals surface area contributed by atoms with Gasteiger partial charge < -0.3 is 15.1 Å². The molecule has 27 heavy (non-hydrogen) atoms. The summed E-state index contributed by atoms with van der Waals surface area (Å²) in [5, 5.41) is 2.71. The highest BCUT2D eigenvalue weighted by atomic mass is 19.4. The molecule has 0 saturated carbocycles. The molecule has 1 N–H and O–H groups in total. The van der Waals surface area contributed by atoms with Crippen LogP contribution in [0.2, 0.25) is 0 Å². The number of likely N-dealkylation sites (N-methyl/N-ethyl adjacent to an activating group) is 1. The molecule has 0 radical (unpaired) electrons. The number of carbonyl (C=O) groups excluding carboxylic acids is 1. The second-order valence-electron chi connectivity index (χ2n) is 6.62. The topological polar surface area (TPSA) is 48.5 Å². The van der Waals surface area contributed by atoms with E-state index in [1.54, 1.807) is 12.1 Å². The minimum Gasteiger partial charge on any atom is -0.369 e. The molecule has 0 spiro atoms. The van der Waals surface area contributed by atoms with Gasteiger partial charge in [0.05, 0.1) is 11.3 Å². The van der Waals surface area contributed by atoms with Crippen molar-refractivity contribution in [3.63, 3.8) is 0 Å². The van der Waals surface area contributed by atoms with Gasteiger partial charge in [-0.15, -0.1) is 0 Å². The van der Waals surface area contributed by atoms with Crippen LogP contribution in [0.3, 0.4) is 0 Å². The number of halogens is 3. The van der Waals surface area contributed by atoms with Crippen molar-refractivity contribution in [2.75, 3.05) is 43.4 Å². The van der Waals surface area contributed by atoms with Crippen molar-refractivity contribution in [2.45, 2.75) is 13.1 Å². The van der Waals surface area contributed by atoms with Crippen molar-refractivity contribution in [1.29, 1.82) is 0 Å². The summed E-state index contributed by atoms with van der Waals surface area (Å²) in [5.74, 6) is -0.485. The third-order valence-corrected chi connectivity index (χ3v) is 4.61. The molecule has 1 saturated heterocycles. The molecule has 1 amide bonds. The van der Waals surface area contributed by atoms with Gasteiger partial charge in [-0.05, 0) is 50.4 Å². The van der Waals surface area contributed by atoms with Crippen LogP contribution < -0.4 is 10.2 Å². The monoisotopic (exact) mass is 378 g/mol. The number of pyridine rings is 1. The van der Waals surface area contributed by atoms with Crippen molar-refractivity contribution in [3.05, 3.63) is 53.3 Å². The Labute approximate surface area is 155 Å². The summed E-state index contributed by atoms with van der Waals surface area (Å²) in [6.45, 7) is 5.27. The van der Waals surface area contributed by atoms with Crippen LogP contribution in [-0.2, 0) is 6.18 Å². The Hall–Kier alpha value is -2.61. The van der Waals surface area contributed by atoms with Crippen LogP contribution >= 0.6 is 0 Å². The van der Waals surface area contributed by atoms with Gasteiger partial charge >= 0.3 is 6.18 Å². The molecule has 5 nitrogen and oxygen atoms in total. The van der Waals surface area contributed by atoms with E-state index in [-0.39, 0.29) is 11.3 Å². The lowest BCUT2D eigenvalue weighted by Crippen LogP contribution is -2.44. The first-order valence-electron chi connectivity index (χ1n) is 8.64. The zero-order chi connectivity index (χ0) is 19.6. The number of aryl methyl sites for hydroxylation is 1. The summed E-state index contributed by atoms with van der Waals surface area (Å²) in [6, 6.07) is 9.41. The molecular formula is C19H21F3N4O. The Morgan fingerprint density at radius 3 is 2.22 bits per heavy atom. The normalized spacial score (nSPS) is 15.7. The Morgan fingerprint density at radius 2 is 1.67 bits per heavy atom. The predicted molar refractivity (Wildman–Crippen MR) is 98.1 cm³/mol. The molecule has 8 heteroatoms. The fraction of sp³-hybridized carbons (Fsp3) is 0.368. The molecular weight excluding hydrogens is 357 g/mol. The predicted octanol–water partition coefficient (Wildman–Crippen LogP) is 3.41. The Morgan fingerprint density at radius 1 is 1.04 bits per heavy atom. The van der Waals surface area contributed by atoms with Crippen molar-refractivity contribution in [2.24, 2.45) is 0 Å². The van der Waals surface area contributed by atoms with Crippen molar-refractivity contribution >= 4 is 17.3 Å². The van der Waals surface area contributed by atoms with Gasteiger partial charge in [0.2, 0.25) is 0 Å².